The molecule has 1 saturated heterocycles. The number of ether oxygens (including phenoxy) is 2. The van der Waals surface area contributed by atoms with Crippen LogP contribution in [0.4, 0.5) is 5.69 Å². The van der Waals surface area contributed by atoms with Crippen LogP contribution in [-0.4, -0.2) is 38.5 Å². The van der Waals surface area contributed by atoms with E-state index in [4.69, 9.17) is 9.47 Å². The molecule has 2 heterocycles. The Morgan fingerprint density at radius 2 is 1.93 bits per heavy atom. The monoisotopic (exact) mass is 428 g/mol. The number of hydrogen-bond acceptors (Lipinski definition) is 5. The highest BCUT2D eigenvalue weighted by Crippen LogP contribution is 2.59. The SMILES string of the molecule is CCc1ccc(S(=O)(=O)N2CC[C@@]3(C[C@@H]3C(=O)Nc3ccc4c(c3)OCO4)C2)cc1. The number of benzene rings is 2. The minimum absolute atomic E-state index is 0.0691. The van der Waals surface area contributed by atoms with Crippen LogP contribution in [-0.2, 0) is 21.2 Å². The van der Waals surface area contributed by atoms with Gasteiger partial charge in [-0.3, -0.25) is 4.79 Å². The maximum Gasteiger partial charge on any atom is 0.243 e. The van der Waals surface area contributed by atoms with Crippen molar-refractivity contribution >= 4 is 21.6 Å². The molecule has 1 aliphatic carbocycles. The van der Waals surface area contributed by atoms with E-state index in [2.05, 4.69) is 5.32 Å². The maximum absolute atomic E-state index is 13.0. The molecule has 7 nitrogen and oxygen atoms in total. The molecule has 3 aliphatic rings. The van der Waals surface area contributed by atoms with E-state index >= 15 is 0 Å². The van der Waals surface area contributed by atoms with Gasteiger partial charge < -0.3 is 14.8 Å². The van der Waals surface area contributed by atoms with Gasteiger partial charge in [0.2, 0.25) is 22.7 Å². The molecule has 2 aromatic rings. The van der Waals surface area contributed by atoms with Gasteiger partial charge >= 0.3 is 0 Å². The zero-order chi connectivity index (χ0) is 20.9. The lowest BCUT2D eigenvalue weighted by atomic mass is 10.0. The number of carbonyl (C=O) groups excluding carboxylic acids is 1. The molecule has 0 bridgehead atoms. The molecule has 0 aromatic heterocycles. The quantitative estimate of drug-likeness (QED) is 0.791. The Morgan fingerprint density at radius 1 is 1.17 bits per heavy atom. The highest BCUT2D eigenvalue weighted by Gasteiger charge is 2.62. The summed E-state index contributed by atoms with van der Waals surface area (Å²) < 4.78 is 38.2. The average molecular weight is 429 g/mol. The summed E-state index contributed by atoms with van der Waals surface area (Å²) in [5, 5.41) is 2.94. The minimum atomic E-state index is -3.54. The van der Waals surface area contributed by atoms with Gasteiger partial charge in [0.1, 0.15) is 0 Å². The van der Waals surface area contributed by atoms with Crippen LogP contribution in [0.2, 0.25) is 0 Å². The van der Waals surface area contributed by atoms with Crippen molar-refractivity contribution in [2.45, 2.75) is 31.1 Å². The molecular weight excluding hydrogens is 404 g/mol. The number of nitrogens with zero attached hydrogens (tertiary/aromatic N) is 1. The minimum Gasteiger partial charge on any atom is -0.454 e. The Bertz CT molecular complexity index is 1100. The normalized spacial score (nSPS) is 24.9. The summed E-state index contributed by atoms with van der Waals surface area (Å²) in [4.78, 5) is 13.1. The zero-order valence-corrected chi connectivity index (χ0v) is 17.6. The first-order valence-corrected chi connectivity index (χ1v) is 11.6. The molecule has 8 heteroatoms. The van der Waals surface area contributed by atoms with Crippen molar-refractivity contribution < 1.29 is 22.7 Å². The third-order valence-electron chi connectivity index (χ3n) is 6.47. The fourth-order valence-electron chi connectivity index (χ4n) is 4.48. The van der Waals surface area contributed by atoms with Gasteiger partial charge in [0.05, 0.1) is 4.90 Å². The summed E-state index contributed by atoms with van der Waals surface area (Å²) >= 11 is 0. The molecule has 2 atom stereocenters. The smallest absolute Gasteiger partial charge is 0.243 e. The standard InChI is InChI=1S/C22H24N2O5S/c1-2-15-3-6-17(7-4-15)30(26,27)24-10-9-22(13-24)12-18(22)21(25)23-16-5-8-19-20(11-16)29-14-28-19/h3-8,11,18H,2,9-10,12-14H2,1H3,(H,23,25)/t18-,22-/m1/s1. The lowest BCUT2D eigenvalue weighted by Gasteiger charge is -2.17. The Labute approximate surface area is 176 Å². The molecule has 2 fully saturated rings. The van der Waals surface area contributed by atoms with Crippen LogP contribution in [0.15, 0.2) is 47.4 Å². The third kappa shape index (κ3) is 3.24. The van der Waals surface area contributed by atoms with E-state index in [0.717, 1.165) is 12.0 Å². The molecule has 158 valence electrons. The fraction of sp³-hybridized carbons (Fsp3) is 0.409. The Kier molecular flexibility index (Phi) is 4.52. The lowest BCUT2D eigenvalue weighted by Crippen LogP contribution is -2.30. The number of aryl methyl sites for hydroxylation is 1. The molecule has 30 heavy (non-hydrogen) atoms. The summed E-state index contributed by atoms with van der Waals surface area (Å²) in [5.74, 6) is 1.04. The van der Waals surface area contributed by atoms with Gasteiger partial charge in [0, 0.05) is 30.8 Å². The van der Waals surface area contributed by atoms with Crippen molar-refractivity contribution in [3.05, 3.63) is 48.0 Å². The second kappa shape index (κ2) is 6.99. The zero-order valence-electron chi connectivity index (χ0n) is 16.8. The fourth-order valence-corrected chi connectivity index (χ4v) is 6.02. The first-order valence-electron chi connectivity index (χ1n) is 10.2. The van der Waals surface area contributed by atoms with E-state index in [1.165, 1.54) is 4.31 Å². The number of rotatable bonds is 5. The maximum atomic E-state index is 13.0. The number of sulfonamides is 1. The second-order valence-electron chi connectivity index (χ2n) is 8.26. The van der Waals surface area contributed by atoms with E-state index in [-0.39, 0.29) is 24.0 Å². The lowest BCUT2D eigenvalue weighted by molar-refractivity contribution is -0.118. The van der Waals surface area contributed by atoms with E-state index in [1.807, 2.05) is 19.1 Å². The van der Waals surface area contributed by atoms with Crippen molar-refractivity contribution in [1.29, 1.82) is 0 Å². The number of anilines is 1. The van der Waals surface area contributed by atoms with Crippen LogP contribution in [0.5, 0.6) is 11.5 Å². The summed E-state index contributed by atoms with van der Waals surface area (Å²) in [5.41, 5.74) is 1.51. The Morgan fingerprint density at radius 3 is 2.70 bits per heavy atom. The third-order valence-corrected chi connectivity index (χ3v) is 8.33. The molecule has 5 rings (SSSR count). The number of hydrogen-bond donors (Lipinski definition) is 1. The van der Waals surface area contributed by atoms with E-state index in [1.54, 1.807) is 30.3 Å². The van der Waals surface area contributed by atoms with Gasteiger partial charge in [-0.1, -0.05) is 19.1 Å². The van der Waals surface area contributed by atoms with Crippen molar-refractivity contribution in [2.75, 3.05) is 25.2 Å². The molecule has 1 saturated carbocycles. The molecular formula is C22H24N2O5S. The molecule has 1 spiro atoms. The highest BCUT2D eigenvalue weighted by molar-refractivity contribution is 7.89. The number of fused-ring (bicyclic) bond motifs is 1. The van der Waals surface area contributed by atoms with E-state index < -0.39 is 10.0 Å². The van der Waals surface area contributed by atoms with Crippen LogP contribution in [0, 0.1) is 11.3 Å². The van der Waals surface area contributed by atoms with Gasteiger partial charge in [0.15, 0.2) is 11.5 Å². The summed E-state index contributed by atoms with van der Waals surface area (Å²) in [6.45, 7) is 3.06. The second-order valence-corrected chi connectivity index (χ2v) is 10.2. The molecule has 2 aliphatic heterocycles. The molecule has 1 amide bonds. The largest absolute Gasteiger partial charge is 0.454 e. The highest BCUT2D eigenvalue weighted by atomic mass is 32.2. The first kappa shape index (κ1) is 19.4. The van der Waals surface area contributed by atoms with Crippen LogP contribution >= 0.6 is 0 Å². The Balaban J connectivity index is 1.25. The van der Waals surface area contributed by atoms with Gasteiger partial charge in [-0.05, 0) is 54.5 Å². The Hall–Kier alpha value is -2.58. The topological polar surface area (TPSA) is 84.9 Å². The van der Waals surface area contributed by atoms with Crippen molar-refractivity contribution in [3.63, 3.8) is 0 Å². The predicted octanol–water partition coefficient (Wildman–Crippen LogP) is 3.02. The molecule has 0 unspecified atom stereocenters. The van der Waals surface area contributed by atoms with E-state index in [0.29, 0.717) is 48.0 Å². The van der Waals surface area contributed by atoms with Gasteiger partial charge in [-0.2, -0.15) is 4.31 Å². The molecule has 2 aromatic carbocycles. The summed E-state index contributed by atoms with van der Waals surface area (Å²) in [6, 6.07) is 12.4. The molecule has 1 N–H and O–H groups in total. The van der Waals surface area contributed by atoms with Crippen LogP contribution in [0.1, 0.15) is 25.3 Å². The van der Waals surface area contributed by atoms with Crippen LogP contribution in [0.25, 0.3) is 0 Å². The summed E-state index contributed by atoms with van der Waals surface area (Å²) in [7, 11) is -3.54. The predicted molar refractivity (Wildman–Crippen MR) is 111 cm³/mol. The van der Waals surface area contributed by atoms with Crippen LogP contribution < -0.4 is 14.8 Å². The van der Waals surface area contributed by atoms with Gasteiger partial charge in [-0.25, -0.2) is 8.42 Å². The van der Waals surface area contributed by atoms with Crippen molar-refractivity contribution in [3.8, 4) is 11.5 Å². The van der Waals surface area contributed by atoms with E-state index in [9.17, 15) is 13.2 Å². The number of carbonyl (C=O) groups is 1. The van der Waals surface area contributed by atoms with Crippen molar-refractivity contribution in [2.24, 2.45) is 11.3 Å². The average Bonchev–Trinajstić information content (AvgIpc) is 3.05. The van der Waals surface area contributed by atoms with Crippen molar-refractivity contribution in [1.82, 2.24) is 4.31 Å². The van der Waals surface area contributed by atoms with Gasteiger partial charge in [-0.15, -0.1) is 0 Å². The summed E-state index contributed by atoms with van der Waals surface area (Å²) in [6.07, 6.45) is 2.29. The number of amides is 1. The van der Waals surface area contributed by atoms with Crippen LogP contribution in [0.3, 0.4) is 0 Å². The van der Waals surface area contributed by atoms with Gasteiger partial charge in [0.25, 0.3) is 0 Å². The first-order chi connectivity index (χ1) is 14.4. The molecule has 0 radical (unpaired) electrons. The number of nitrogens with one attached hydrogen (secondary N) is 1.